The highest BCUT2D eigenvalue weighted by atomic mass is 32.1. The maximum absolute atomic E-state index is 14.6. The number of esters is 1. The molecule has 62 heavy (non-hydrogen) atoms. The van der Waals surface area contributed by atoms with Crippen LogP contribution in [0.25, 0.3) is 33.4 Å². The molecule has 1 aliphatic carbocycles. The summed E-state index contributed by atoms with van der Waals surface area (Å²) in [4.78, 5) is 70.4. The number of fused-ring (bicyclic) bond motifs is 7. The maximum Gasteiger partial charge on any atom is 0.324 e. The zero-order valence-electron chi connectivity index (χ0n) is 37.6. The zero-order chi connectivity index (χ0) is 44.2. The number of amides is 3. The van der Waals surface area contributed by atoms with Crippen LogP contribution in [0, 0.1) is 29.1 Å². The van der Waals surface area contributed by atoms with Crippen LogP contribution in [-0.4, -0.2) is 119 Å². The molecule has 332 valence electrons. The van der Waals surface area contributed by atoms with Crippen LogP contribution in [0.15, 0.2) is 41.9 Å². The Bertz CT molecular complexity index is 2340. The van der Waals surface area contributed by atoms with E-state index in [4.69, 9.17) is 19.4 Å². The number of likely N-dealkylation sites (N-methyl/N-ethyl adjacent to an activating group) is 1. The molecule has 1 unspecified atom stereocenters. The predicted molar refractivity (Wildman–Crippen MR) is 239 cm³/mol. The average molecular weight is 867 g/mol. The fourth-order valence-electron chi connectivity index (χ4n) is 10.2. The molecule has 1 saturated carbocycles. The second kappa shape index (κ2) is 17.5. The summed E-state index contributed by atoms with van der Waals surface area (Å²) in [6.45, 7) is 15.2. The van der Waals surface area contributed by atoms with Gasteiger partial charge in [-0.25, -0.2) is 10.4 Å². The summed E-state index contributed by atoms with van der Waals surface area (Å²) < 4.78 is 14.3. The molecular weight excluding hydrogens is 805 g/mol. The normalized spacial score (nSPS) is 24.9. The Labute approximate surface area is 368 Å². The number of pyridine rings is 1. The summed E-state index contributed by atoms with van der Waals surface area (Å²) >= 11 is 1.44. The number of aryl methyl sites for hydroxylation is 1. The van der Waals surface area contributed by atoms with Gasteiger partial charge in [0.1, 0.15) is 18.1 Å². The number of carbonyl (C=O) groups is 4. The van der Waals surface area contributed by atoms with Crippen LogP contribution in [0.3, 0.4) is 0 Å². The van der Waals surface area contributed by atoms with E-state index in [1.807, 2.05) is 32.2 Å². The minimum Gasteiger partial charge on any atom is -0.464 e. The Balaban J connectivity index is 1.17. The van der Waals surface area contributed by atoms with Gasteiger partial charge in [0.15, 0.2) is 0 Å². The number of ether oxygens (including phenoxy) is 2. The number of carbonyl (C=O) groups excluding carboxylic acids is 4. The first-order chi connectivity index (χ1) is 29.6. The Morgan fingerprint density at radius 1 is 1.15 bits per heavy atom. The SMILES string of the molecule is CCn1c(-c2cccnc2[C@H](C)OC)c2c3cc(ccc31)-c1csc(n1)C[C@H](NC(=O)C(C(C)C)N(C)C(=O)[C@@H]1[C@@H]3CN(C)C[C@@H]31)C(=O)N1CCC[C@H](N1)C(=O)OCC(C)(C)C2. The lowest BCUT2D eigenvalue weighted by Crippen LogP contribution is -2.62. The number of hydrazine groups is 1. The van der Waals surface area contributed by atoms with E-state index >= 15 is 0 Å². The summed E-state index contributed by atoms with van der Waals surface area (Å²) in [5.74, 6) is -0.853. The molecule has 2 saturated heterocycles. The molecule has 4 aliphatic rings. The van der Waals surface area contributed by atoms with Crippen LogP contribution >= 0.6 is 11.3 Å². The van der Waals surface area contributed by atoms with E-state index in [-0.39, 0.29) is 42.8 Å². The lowest BCUT2D eigenvalue weighted by atomic mass is 9.84. The van der Waals surface area contributed by atoms with Crippen molar-refractivity contribution in [1.29, 1.82) is 0 Å². The minimum atomic E-state index is -1.02. The molecule has 3 amide bonds. The van der Waals surface area contributed by atoms with Crippen molar-refractivity contribution in [2.75, 3.05) is 47.4 Å². The lowest BCUT2D eigenvalue weighted by Gasteiger charge is -2.36. The van der Waals surface area contributed by atoms with Crippen molar-refractivity contribution in [3.63, 3.8) is 0 Å². The molecule has 0 radical (unpaired) electrons. The highest BCUT2D eigenvalue weighted by molar-refractivity contribution is 7.10. The number of nitrogens with one attached hydrogen (secondary N) is 2. The quantitative estimate of drug-likeness (QED) is 0.207. The van der Waals surface area contributed by atoms with Crippen molar-refractivity contribution >= 4 is 45.9 Å². The van der Waals surface area contributed by atoms with Gasteiger partial charge in [-0.1, -0.05) is 33.8 Å². The number of rotatable bonds is 9. The van der Waals surface area contributed by atoms with Crippen LogP contribution in [-0.2, 0) is 48.0 Å². The van der Waals surface area contributed by atoms with Crippen LogP contribution in [0.5, 0.6) is 0 Å². The predicted octanol–water partition coefficient (Wildman–Crippen LogP) is 5.49. The van der Waals surface area contributed by atoms with Crippen LogP contribution in [0.1, 0.15) is 76.8 Å². The van der Waals surface area contributed by atoms with Gasteiger partial charge in [0.2, 0.25) is 11.8 Å². The smallest absolute Gasteiger partial charge is 0.324 e. The molecule has 3 aliphatic heterocycles. The number of aromatic nitrogens is 3. The van der Waals surface area contributed by atoms with Crippen molar-refractivity contribution in [2.24, 2.45) is 29.1 Å². The number of cyclic esters (lactones) is 1. The molecule has 8 rings (SSSR count). The van der Waals surface area contributed by atoms with E-state index in [0.717, 1.165) is 57.8 Å². The Morgan fingerprint density at radius 2 is 1.90 bits per heavy atom. The van der Waals surface area contributed by atoms with Crippen molar-refractivity contribution in [3.05, 3.63) is 58.2 Å². The van der Waals surface area contributed by atoms with Gasteiger partial charge >= 0.3 is 5.97 Å². The third kappa shape index (κ3) is 8.40. The van der Waals surface area contributed by atoms with E-state index in [2.05, 4.69) is 72.3 Å². The fraction of sp³-hybridized carbons (Fsp3) is 0.574. The first-order valence-corrected chi connectivity index (χ1v) is 23.1. The zero-order valence-corrected chi connectivity index (χ0v) is 38.4. The number of thiazole rings is 1. The van der Waals surface area contributed by atoms with Gasteiger partial charge in [0.05, 0.1) is 34.8 Å². The summed E-state index contributed by atoms with van der Waals surface area (Å²) in [6.07, 6.45) is 3.35. The molecule has 1 aromatic carbocycles. The summed E-state index contributed by atoms with van der Waals surface area (Å²) in [6, 6.07) is 7.94. The summed E-state index contributed by atoms with van der Waals surface area (Å²) in [5.41, 5.74) is 9.45. The number of methoxy groups -OCH3 is 1. The number of likely N-dealkylation sites (tertiary alicyclic amines) is 1. The van der Waals surface area contributed by atoms with E-state index in [9.17, 15) is 19.2 Å². The third-order valence-corrected chi connectivity index (χ3v) is 14.4. The van der Waals surface area contributed by atoms with Crippen LogP contribution in [0.4, 0.5) is 0 Å². The molecule has 3 aromatic heterocycles. The number of piperidine rings is 1. The minimum absolute atomic E-state index is 0.0169. The van der Waals surface area contributed by atoms with E-state index in [1.165, 1.54) is 16.3 Å². The summed E-state index contributed by atoms with van der Waals surface area (Å²) in [5, 5.41) is 8.28. The molecule has 6 heterocycles. The molecular formula is C47H62N8O6S. The van der Waals surface area contributed by atoms with Crippen molar-refractivity contribution in [2.45, 2.75) is 98.0 Å². The molecule has 15 heteroatoms. The Hall–Kier alpha value is -4.70. The average Bonchev–Trinajstić information content (AvgIpc) is 3.55. The van der Waals surface area contributed by atoms with Gasteiger partial charge in [-0.2, -0.15) is 0 Å². The van der Waals surface area contributed by atoms with Gasteiger partial charge in [-0.3, -0.25) is 29.2 Å². The fourth-order valence-corrected chi connectivity index (χ4v) is 11.1. The summed E-state index contributed by atoms with van der Waals surface area (Å²) in [7, 11) is 5.48. The number of benzene rings is 1. The van der Waals surface area contributed by atoms with E-state index < -0.39 is 35.4 Å². The molecule has 0 spiro atoms. The second-order valence-electron chi connectivity index (χ2n) is 19.0. The first kappa shape index (κ1) is 43.9. The second-order valence-corrected chi connectivity index (χ2v) is 19.9. The topological polar surface area (TPSA) is 151 Å². The van der Waals surface area contributed by atoms with Crippen molar-refractivity contribution in [1.82, 2.24) is 40.1 Å². The standard InChI is InChI=1S/C47H62N8O6S/c1-10-54-37-16-15-28-19-30(37)31(42(54)29-13-11-17-48-40(29)27(4)60-9)21-47(5,6)25-61-46(59)34-14-12-18-55(51-34)44(57)35(20-38-49-36(28)24-62-38)50-43(56)41(26(2)3)53(8)45(58)39-32-22-52(7)23-33(32)39/h11,13,15-17,19,24,26-27,32-35,39,41,51H,10,12,14,18,20-23,25H2,1-9H3,(H,50,56)/t27-,32-,33+,34-,35-,39-,41?/m0/s1. The van der Waals surface area contributed by atoms with Crippen LogP contribution < -0.4 is 10.7 Å². The largest absolute Gasteiger partial charge is 0.464 e. The van der Waals surface area contributed by atoms with Gasteiger partial charge in [0, 0.05) is 91.7 Å². The van der Waals surface area contributed by atoms with Gasteiger partial charge in [-0.15, -0.1) is 11.3 Å². The van der Waals surface area contributed by atoms with Crippen molar-refractivity contribution in [3.8, 4) is 22.5 Å². The number of hydrogen-bond acceptors (Lipinski definition) is 11. The Kier molecular flexibility index (Phi) is 12.4. The molecule has 3 fully saturated rings. The number of hydrogen-bond donors (Lipinski definition) is 2. The lowest BCUT2D eigenvalue weighted by molar-refractivity contribution is -0.155. The first-order valence-electron chi connectivity index (χ1n) is 22.2. The van der Waals surface area contributed by atoms with Gasteiger partial charge < -0.3 is 29.2 Å². The number of nitrogens with zero attached hydrogens (tertiary/aromatic N) is 6. The monoisotopic (exact) mass is 866 g/mol. The van der Waals surface area contributed by atoms with Gasteiger partial charge in [0.25, 0.3) is 5.91 Å². The molecule has 14 nitrogen and oxygen atoms in total. The Morgan fingerprint density at radius 3 is 2.61 bits per heavy atom. The van der Waals surface area contributed by atoms with Crippen molar-refractivity contribution < 1.29 is 28.7 Å². The van der Waals surface area contributed by atoms with Gasteiger partial charge in [-0.05, 0) is 87.7 Å². The molecule has 7 atom stereocenters. The van der Waals surface area contributed by atoms with E-state index in [0.29, 0.717) is 49.2 Å². The molecule has 2 N–H and O–H groups in total. The van der Waals surface area contributed by atoms with Crippen LogP contribution in [0.2, 0.25) is 0 Å². The molecule has 4 aromatic rings. The maximum atomic E-state index is 14.6. The molecule has 6 bridgehead atoms. The highest BCUT2D eigenvalue weighted by Crippen LogP contribution is 2.52. The third-order valence-electron chi connectivity index (χ3n) is 13.5. The highest BCUT2D eigenvalue weighted by Gasteiger charge is 2.60. The van der Waals surface area contributed by atoms with E-state index in [1.54, 1.807) is 25.3 Å².